The summed E-state index contributed by atoms with van der Waals surface area (Å²) in [6, 6.07) is 11.1. The smallest absolute Gasteiger partial charge is 0.271 e. The number of aryl methyl sites for hydroxylation is 1. The zero-order valence-corrected chi connectivity index (χ0v) is 11.8. The summed E-state index contributed by atoms with van der Waals surface area (Å²) in [5.41, 5.74) is 2.05. The highest BCUT2D eigenvalue weighted by atomic mass is 16.6. The highest BCUT2D eigenvalue weighted by molar-refractivity contribution is 6.22. The van der Waals surface area contributed by atoms with Gasteiger partial charge in [-0.25, -0.2) is 0 Å². The first kappa shape index (κ1) is 13.9. The van der Waals surface area contributed by atoms with Crippen LogP contribution < -0.4 is 4.90 Å². The minimum atomic E-state index is -0.544. The minimum Gasteiger partial charge on any atom is -0.294 e. The van der Waals surface area contributed by atoms with Gasteiger partial charge in [-0.2, -0.15) is 0 Å². The molecule has 1 aliphatic rings. The molecule has 0 radical (unpaired) electrons. The van der Waals surface area contributed by atoms with Crippen molar-refractivity contribution in [3.05, 3.63) is 63.7 Å². The molecule has 1 amide bonds. The maximum atomic E-state index is 12.3. The predicted octanol–water partition coefficient (Wildman–Crippen LogP) is 3.15. The Labute approximate surface area is 126 Å². The van der Waals surface area contributed by atoms with E-state index in [4.69, 9.17) is 0 Å². The third kappa shape index (κ3) is 2.24. The second kappa shape index (κ2) is 5.07. The number of Topliss-reactive ketones (excluding diaryl/α,β-unsaturated/α-hetero) is 1. The van der Waals surface area contributed by atoms with Crippen molar-refractivity contribution in [3.63, 3.8) is 0 Å². The number of nitro groups is 1. The fraction of sp³-hybridized carbons (Fsp3) is 0.125. The molecular formula is C16H12N2O4. The number of rotatable bonds is 2. The van der Waals surface area contributed by atoms with E-state index in [1.165, 1.54) is 23.1 Å². The van der Waals surface area contributed by atoms with E-state index in [0.29, 0.717) is 11.3 Å². The molecule has 3 rings (SSSR count). The molecule has 22 heavy (non-hydrogen) atoms. The van der Waals surface area contributed by atoms with Crippen LogP contribution in [0.3, 0.4) is 0 Å². The fourth-order valence-electron chi connectivity index (χ4n) is 2.48. The van der Waals surface area contributed by atoms with Gasteiger partial charge in [-0.3, -0.25) is 24.6 Å². The van der Waals surface area contributed by atoms with Crippen LogP contribution in [0, 0.1) is 17.0 Å². The molecule has 1 aliphatic heterocycles. The Morgan fingerprint density at radius 1 is 1.09 bits per heavy atom. The number of nitro benzene ring substituents is 1. The Morgan fingerprint density at radius 2 is 1.77 bits per heavy atom. The van der Waals surface area contributed by atoms with Crippen molar-refractivity contribution in [1.82, 2.24) is 0 Å². The van der Waals surface area contributed by atoms with Crippen molar-refractivity contribution < 1.29 is 14.5 Å². The summed E-state index contributed by atoms with van der Waals surface area (Å²) in [5, 5.41) is 11.0. The molecule has 1 heterocycles. The molecule has 6 heteroatoms. The van der Waals surface area contributed by atoms with E-state index in [1.807, 2.05) is 19.1 Å². The van der Waals surface area contributed by atoms with Gasteiger partial charge in [-0.05, 0) is 25.1 Å². The first-order valence-electron chi connectivity index (χ1n) is 6.68. The summed E-state index contributed by atoms with van der Waals surface area (Å²) in [5.74, 6) is -0.708. The Morgan fingerprint density at radius 3 is 2.41 bits per heavy atom. The monoisotopic (exact) mass is 296 g/mol. The fourth-order valence-corrected chi connectivity index (χ4v) is 2.48. The number of carbonyl (C=O) groups excluding carboxylic acids is 2. The normalized spacial score (nSPS) is 14.0. The number of benzene rings is 2. The largest absolute Gasteiger partial charge is 0.294 e. The molecule has 2 aromatic rings. The molecule has 2 aromatic carbocycles. The van der Waals surface area contributed by atoms with Crippen LogP contribution in [0.1, 0.15) is 22.3 Å². The molecule has 110 valence electrons. The van der Waals surface area contributed by atoms with E-state index < -0.39 is 4.92 Å². The summed E-state index contributed by atoms with van der Waals surface area (Å²) in [6.45, 7) is 1.92. The van der Waals surface area contributed by atoms with Crippen molar-refractivity contribution >= 4 is 28.8 Å². The topological polar surface area (TPSA) is 80.5 Å². The number of non-ortho nitro benzene ring substituents is 1. The van der Waals surface area contributed by atoms with Gasteiger partial charge in [0.15, 0.2) is 5.78 Å². The van der Waals surface area contributed by atoms with E-state index in [1.54, 1.807) is 12.1 Å². The number of ketones is 1. The molecule has 0 spiro atoms. The van der Waals surface area contributed by atoms with E-state index in [-0.39, 0.29) is 29.5 Å². The van der Waals surface area contributed by atoms with Crippen LogP contribution >= 0.6 is 0 Å². The molecule has 0 aliphatic carbocycles. The van der Waals surface area contributed by atoms with Gasteiger partial charge in [-0.1, -0.05) is 17.7 Å². The maximum Gasteiger partial charge on any atom is 0.271 e. The summed E-state index contributed by atoms with van der Waals surface area (Å²) in [7, 11) is 0. The molecule has 6 nitrogen and oxygen atoms in total. The van der Waals surface area contributed by atoms with Crippen molar-refractivity contribution in [1.29, 1.82) is 0 Å². The Balaban J connectivity index is 2.19. The van der Waals surface area contributed by atoms with Crippen molar-refractivity contribution in [3.8, 4) is 0 Å². The SMILES string of the molecule is Cc1ccc(N2C(=O)CC(=O)c3ccc([N+](=O)[O-])cc32)cc1. The number of hydrogen-bond acceptors (Lipinski definition) is 4. The van der Waals surface area contributed by atoms with Crippen molar-refractivity contribution in [2.24, 2.45) is 0 Å². The first-order valence-corrected chi connectivity index (χ1v) is 6.68. The van der Waals surface area contributed by atoms with Gasteiger partial charge < -0.3 is 0 Å². The number of fused-ring (bicyclic) bond motifs is 1. The molecule has 0 N–H and O–H groups in total. The van der Waals surface area contributed by atoms with Crippen LogP contribution in [-0.4, -0.2) is 16.6 Å². The molecule has 0 unspecified atom stereocenters. The number of hydrogen-bond donors (Lipinski definition) is 0. The molecule has 0 atom stereocenters. The first-order chi connectivity index (χ1) is 10.5. The lowest BCUT2D eigenvalue weighted by Gasteiger charge is -2.28. The number of nitrogens with zero attached hydrogens (tertiary/aromatic N) is 2. The Bertz CT molecular complexity index is 796. The highest BCUT2D eigenvalue weighted by Gasteiger charge is 2.32. The maximum absolute atomic E-state index is 12.3. The lowest BCUT2D eigenvalue weighted by Crippen LogP contribution is -2.33. The third-order valence-electron chi connectivity index (χ3n) is 3.59. The summed E-state index contributed by atoms with van der Waals surface area (Å²) >= 11 is 0. The second-order valence-electron chi connectivity index (χ2n) is 5.12. The summed E-state index contributed by atoms with van der Waals surface area (Å²) in [4.78, 5) is 36.0. The van der Waals surface area contributed by atoms with E-state index >= 15 is 0 Å². The van der Waals surface area contributed by atoms with E-state index in [0.717, 1.165) is 5.56 Å². The average molecular weight is 296 g/mol. The van der Waals surface area contributed by atoms with Crippen LogP contribution in [0.5, 0.6) is 0 Å². The van der Waals surface area contributed by atoms with Crippen LogP contribution in [0.2, 0.25) is 0 Å². The Hall–Kier alpha value is -3.02. The van der Waals surface area contributed by atoms with E-state index in [9.17, 15) is 19.7 Å². The van der Waals surface area contributed by atoms with Gasteiger partial charge in [0, 0.05) is 23.4 Å². The average Bonchev–Trinajstić information content (AvgIpc) is 2.48. The van der Waals surface area contributed by atoms with Gasteiger partial charge in [-0.15, -0.1) is 0 Å². The third-order valence-corrected chi connectivity index (χ3v) is 3.59. The predicted molar refractivity (Wildman–Crippen MR) is 80.4 cm³/mol. The van der Waals surface area contributed by atoms with Crippen LogP contribution in [-0.2, 0) is 4.79 Å². The lowest BCUT2D eigenvalue weighted by atomic mass is 9.98. The molecule has 0 saturated carbocycles. The molecule has 0 fully saturated rings. The summed E-state index contributed by atoms with van der Waals surface area (Å²) in [6.07, 6.45) is -0.237. The number of carbonyl (C=O) groups is 2. The van der Waals surface area contributed by atoms with Gasteiger partial charge in [0.25, 0.3) is 5.69 Å². The Kier molecular flexibility index (Phi) is 3.21. The lowest BCUT2D eigenvalue weighted by molar-refractivity contribution is -0.384. The van der Waals surface area contributed by atoms with Gasteiger partial charge >= 0.3 is 0 Å². The van der Waals surface area contributed by atoms with Crippen LogP contribution in [0.25, 0.3) is 0 Å². The van der Waals surface area contributed by atoms with Crippen LogP contribution in [0.15, 0.2) is 42.5 Å². The van der Waals surface area contributed by atoms with Gasteiger partial charge in [0.2, 0.25) is 5.91 Å². The quantitative estimate of drug-likeness (QED) is 0.484. The molecule has 0 saturated heterocycles. The second-order valence-corrected chi connectivity index (χ2v) is 5.12. The van der Waals surface area contributed by atoms with Crippen molar-refractivity contribution in [2.45, 2.75) is 13.3 Å². The highest BCUT2D eigenvalue weighted by Crippen LogP contribution is 2.36. The standard InChI is InChI=1S/C16H12N2O4/c1-10-2-4-11(5-3-10)17-14-8-12(18(21)22)6-7-13(14)15(19)9-16(17)20/h2-8H,9H2,1H3. The van der Waals surface area contributed by atoms with Crippen molar-refractivity contribution in [2.75, 3.05) is 4.90 Å². The zero-order chi connectivity index (χ0) is 15.9. The molecule has 0 aromatic heterocycles. The number of anilines is 2. The van der Waals surface area contributed by atoms with Crippen LogP contribution in [0.4, 0.5) is 17.1 Å². The molecular weight excluding hydrogens is 284 g/mol. The number of amides is 1. The minimum absolute atomic E-state index is 0.154. The molecule has 0 bridgehead atoms. The zero-order valence-electron chi connectivity index (χ0n) is 11.8. The van der Waals surface area contributed by atoms with Gasteiger partial charge in [0.1, 0.15) is 0 Å². The van der Waals surface area contributed by atoms with Gasteiger partial charge in [0.05, 0.1) is 17.0 Å². The van der Waals surface area contributed by atoms with E-state index in [2.05, 4.69) is 0 Å². The summed E-state index contributed by atoms with van der Waals surface area (Å²) < 4.78 is 0.